The second-order valence-corrected chi connectivity index (χ2v) is 5.58. The van der Waals surface area contributed by atoms with Gasteiger partial charge in [-0.3, -0.25) is 4.90 Å². The maximum atomic E-state index is 4.62. The van der Waals surface area contributed by atoms with Crippen molar-refractivity contribution in [1.29, 1.82) is 0 Å². The number of benzene rings is 1. The largest absolute Gasteiger partial charge is 0.315 e. The molecular weight excluding hydrogens is 298 g/mol. The van der Waals surface area contributed by atoms with Crippen LogP contribution >= 0.6 is 12.4 Å². The van der Waals surface area contributed by atoms with Gasteiger partial charge >= 0.3 is 0 Å². The SMILES string of the molecule is CCCN(Cc1cnn(-c2ccccc2)n1)C1CCNC1.Cl. The normalized spacial score (nSPS) is 17.6. The van der Waals surface area contributed by atoms with Gasteiger partial charge in [-0.05, 0) is 38.1 Å². The molecule has 1 atom stereocenters. The van der Waals surface area contributed by atoms with Crippen molar-refractivity contribution in [3.63, 3.8) is 0 Å². The van der Waals surface area contributed by atoms with Crippen molar-refractivity contribution in [2.75, 3.05) is 19.6 Å². The zero-order valence-electron chi connectivity index (χ0n) is 13.0. The summed E-state index contributed by atoms with van der Waals surface area (Å²) >= 11 is 0. The van der Waals surface area contributed by atoms with Crippen molar-refractivity contribution < 1.29 is 0 Å². The summed E-state index contributed by atoms with van der Waals surface area (Å²) < 4.78 is 0. The molecule has 0 saturated carbocycles. The van der Waals surface area contributed by atoms with E-state index >= 15 is 0 Å². The summed E-state index contributed by atoms with van der Waals surface area (Å²) in [6, 6.07) is 10.7. The Morgan fingerprint density at radius 2 is 2.14 bits per heavy atom. The van der Waals surface area contributed by atoms with Gasteiger partial charge < -0.3 is 5.32 Å². The van der Waals surface area contributed by atoms with E-state index in [-0.39, 0.29) is 12.4 Å². The Balaban J connectivity index is 0.00000176. The molecule has 1 aliphatic heterocycles. The first-order valence-electron chi connectivity index (χ1n) is 7.78. The van der Waals surface area contributed by atoms with E-state index in [0.717, 1.165) is 37.6 Å². The summed E-state index contributed by atoms with van der Waals surface area (Å²) in [5.74, 6) is 0. The second-order valence-electron chi connectivity index (χ2n) is 5.58. The highest BCUT2D eigenvalue weighted by Crippen LogP contribution is 2.13. The number of aromatic nitrogens is 3. The molecule has 3 rings (SSSR count). The van der Waals surface area contributed by atoms with Crippen LogP contribution in [0.1, 0.15) is 25.5 Å². The average Bonchev–Trinajstić information content (AvgIpc) is 3.19. The van der Waals surface area contributed by atoms with Crippen LogP contribution in [0.5, 0.6) is 0 Å². The molecule has 0 radical (unpaired) electrons. The van der Waals surface area contributed by atoms with E-state index in [0.29, 0.717) is 6.04 Å². The van der Waals surface area contributed by atoms with Gasteiger partial charge in [0.2, 0.25) is 0 Å². The Kier molecular flexibility index (Phi) is 6.36. The molecule has 2 aromatic rings. The third-order valence-electron chi connectivity index (χ3n) is 3.95. The van der Waals surface area contributed by atoms with Gasteiger partial charge in [0.25, 0.3) is 0 Å². The topological polar surface area (TPSA) is 46.0 Å². The van der Waals surface area contributed by atoms with Crippen LogP contribution < -0.4 is 5.32 Å². The van der Waals surface area contributed by atoms with Crippen molar-refractivity contribution in [1.82, 2.24) is 25.2 Å². The fraction of sp³-hybridized carbons (Fsp3) is 0.500. The summed E-state index contributed by atoms with van der Waals surface area (Å²) in [5.41, 5.74) is 2.05. The fourth-order valence-electron chi connectivity index (χ4n) is 2.89. The number of hydrogen-bond donors (Lipinski definition) is 1. The molecule has 2 heterocycles. The van der Waals surface area contributed by atoms with E-state index in [1.165, 1.54) is 12.8 Å². The molecule has 1 unspecified atom stereocenters. The van der Waals surface area contributed by atoms with Gasteiger partial charge in [-0.25, -0.2) is 0 Å². The predicted octanol–water partition coefficient (Wildman–Crippen LogP) is 2.26. The monoisotopic (exact) mass is 321 g/mol. The Morgan fingerprint density at radius 1 is 1.32 bits per heavy atom. The fourth-order valence-corrected chi connectivity index (χ4v) is 2.89. The molecule has 0 amide bonds. The molecule has 1 aromatic heterocycles. The zero-order chi connectivity index (χ0) is 14.5. The van der Waals surface area contributed by atoms with E-state index in [1.54, 1.807) is 4.80 Å². The van der Waals surface area contributed by atoms with E-state index in [4.69, 9.17) is 0 Å². The van der Waals surface area contributed by atoms with Crippen LogP contribution in [0.2, 0.25) is 0 Å². The summed E-state index contributed by atoms with van der Waals surface area (Å²) in [6.07, 6.45) is 4.29. The molecule has 5 nitrogen and oxygen atoms in total. The first-order valence-corrected chi connectivity index (χ1v) is 7.78. The lowest BCUT2D eigenvalue weighted by atomic mass is 10.2. The lowest BCUT2D eigenvalue weighted by Crippen LogP contribution is -2.37. The summed E-state index contributed by atoms with van der Waals surface area (Å²) in [4.78, 5) is 4.24. The number of para-hydroxylation sites is 1. The third-order valence-corrected chi connectivity index (χ3v) is 3.95. The molecule has 1 aromatic carbocycles. The van der Waals surface area contributed by atoms with Crippen LogP contribution in [0.3, 0.4) is 0 Å². The second kappa shape index (κ2) is 8.27. The molecule has 120 valence electrons. The minimum atomic E-state index is 0. The van der Waals surface area contributed by atoms with E-state index in [9.17, 15) is 0 Å². The van der Waals surface area contributed by atoms with Crippen LogP contribution in [-0.4, -0.2) is 45.6 Å². The minimum absolute atomic E-state index is 0. The van der Waals surface area contributed by atoms with E-state index in [2.05, 4.69) is 27.3 Å². The van der Waals surface area contributed by atoms with Crippen LogP contribution in [0, 0.1) is 0 Å². The van der Waals surface area contributed by atoms with Crippen molar-refractivity contribution in [2.45, 2.75) is 32.4 Å². The minimum Gasteiger partial charge on any atom is -0.315 e. The Labute approximate surface area is 138 Å². The Hall–Kier alpha value is -1.43. The Bertz CT molecular complexity index is 551. The van der Waals surface area contributed by atoms with E-state index < -0.39 is 0 Å². The van der Waals surface area contributed by atoms with Gasteiger partial charge in [-0.15, -0.1) is 12.4 Å². The molecule has 0 bridgehead atoms. The third kappa shape index (κ3) is 4.06. The number of rotatable bonds is 6. The smallest absolute Gasteiger partial charge is 0.0971 e. The first kappa shape index (κ1) is 16.9. The summed E-state index contributed by atoms with van der Waals surface area (Å²) in [7, 11) is 0. The maximum absolute atomic E-state index is 4.62. The van der Waals surface area contributed by atoms with Crippen LogP contribution in [-0.2, 0) is 6.54 Å². The molecule has 1 aliphatic rings. The van der Waals surface area contributed by atoms with Crippen molar-refractivity contribution in [3.05, 3.63) is 42.2 Å². The highest BCUT2D eigenvalue weighted by molar-refractivity contribution is 5.85. The highest BCUT2D eigenvalue weighted by Gasteiger charge is 2.22. The molecular formula is C16H24ClN5. The summed E-state index contributed by atoms with van der Waals surface area (Å²) in [6.45, 7) is 6.45. The maximum Gasteiger partial charge on any atom is 0.0971 e. The lowest BCUT2D eigenvalue weighted by molar-refractivity contribution is 0.197. The highest BCUT2D eigenvalue weighted by atomic mass is 35.5. The Morgan fingerprint density at radius 3 is 2.82 bits per heavy atom. The molecule has 6 heteroatoms. The molecule has 1 N–H and O–H groups in total. The number of nitrogens with zero attached hydrogens (tertiary/aromatic N) is 4. The van der Waals surface area contributed by atoms with Crippen molar-refractivity contribution in [2.24, 2.45) is 0 Å². The molecule has 1 saturated heterocycles. The lowest BCUT2D eigenvalue weighted by Gasteiger charge is -2.26. The van der Waals surface area contributed by atoms with Crippen molar-refractivity contribution in [3.8, 4) is 5.69 Å². The van der Waals surface area contributed by atoms with Gasteiger partial charge in [-0.1, -0.05) is 25.1 Å². The van der Waals surface area contributed by atoms with Crippen molar-refractivity contribution >= 4 is 12.4 Å². The standard InChI is InChI=1S/C16H23N5.ClH/c1-2-10-20(16-8-9-17-12-16)13-14-11-18-21(19-14)15-6-4-3-5-7-15;/h3-7,11,16-17H,2,8-10,12-13H2,1H3;1H. The van der Waals surface area contributed by atoms with Gasteiger partial charge in [0.1, 0.15) is 0 Å². The predicted molar refractivity (Wildman–Crippen MR) is 90.6 cm³/mol. The van der Waals surface area contributed by atoms with Gasteiger partial charge in [-0.2, -0.15) is 15.0 Å². The van der Waals surface area contributed by atoms with Gasteiger partial charge in [0.15, 0.2) is 0 Å². The molecule has 0 aliphatic carbocycles. The number of hydrogen-bond acceptors (Lipinski definition) is 4. The zero-order valence-corrected chi connectivity index (χ0v) is 13.8. The molecule has 0 spiro atoms. The first-order chi connectivity index (χ1) is 10.4. The van der Waals surface area contributed by atoms with Crippen LogP contribution in [0.25, 0.3) is 5.69 Å². The van der Waals surface area contributed by atoms with Crippen LogP contribution in [0.4, 0.5) is 0 Å². The van der Waals surface area contributed by atoms with Gasteiger partial charge in [0.05, 0.1) is 17.6 Å². The number of halogens is 1. The molecule has 1 fully saturated rings. The molecule has 22 heavy (non-hydrogen) atoms. The van der Waals surface area contributed by atoms with Gasteiger partial charge in [0, 0.05) is 19.1 Å². The quantitative estimate of drug-likeness (QED) is 0.886. The average molecular weight is 322 g/mol. The van der Waals surface area contributed by atoms with E-state index in [1.807, 2.05) is 36.5 Å². The summed E-state index contributed by atoms with van der Waals surface area (Å²) in [5, 5.41) is 12.5. The van der Waals surface area contributed by atoms with Crippen LogP contribution in [0.15, 0.2) is 36.5 Å². The number of nitrogens with one attached hydrogen (secondary N) is 1.